The Bertz CT molecular complexity index is 877. The standard InChI is InChI=1S/C21H22IN3O/c1-13-11-17-15(5-3-7-18(17)22)20(14(13)2)26-21-16(6-4-9-24-21)19-8-10-23-12-25-19/h3-9,12-14,20H,10-11H2,1-2H3,(H,23,25)/t13-,14-,20-/m1/s1. The minimum absolute atomic E-state index is 0.00923. The zero-order valence-electron chi connectivity index (χ0n) is 14.9. The normalized spacial score (nSPS) is 24.4. The summed E-state index contributed by atoms with van der Waals surface area (Å²) in [5, 5.41) is 3.21. The van der Waals surface area contributed by atoms with Gasteiger partial charge in [0.05, 0.1) is 18.4 Å². The number of nitrogens with zero attached hydrogens (tertiary/aromatic N) is 2. The van der Waals surface area contributed by atoms with Gasteiger partial charge in [0, 0.05) is 21.4 Å². The van der Waals surface area contributed by atoms with Crippen LogP contribution in [0.25, 0.3) is 5.70 Å². The van der Waals surface area contributed by atoms with Gasteiger partial charge in [0.2, 0.25) is 5.88 Å². The highest BCUT2D eigenvalue weighted by atomic mass is 127. The van der Waals surface area contributed by atoms with E-state index in [0.29, 0.717) is 24.3 Å². The van der Waals surface area contributed by atoms with Crippen molar-refractivity contribution >= 4 is 34.6 Å². The van der Waals surface area contributed by atoms with Crippen LogP contribution in [0.5, 0.6) is 5.88 Å². The summed E-state index contributed by atoms with van der Waals surface area (Å²) in [6, 6.07) is 10.5. The quantitative estimate of drug-likeness (QED) is 0.683. The maximum Gasteiger partial charge on any atom is 0.223 e. The third-order valence-corrected chi connectivity index (χ3v) is 6.39. The van der Waals surface area contributed by atoms with Crippen LogP contribution < -0.4 is 10.1 Å². The highest BCUT2D eigenvalue weighted by Gasteiger charge is 2.34. The Morgan fingerprint density at radius 1 is 1.19 bits per heavy atom. The molecule has 1 aliphatic heterocycles. The third kappa shape index (κ3) is 3.24. The maximum atomic E-state index is 6.56. The number of fused-ring (bicyclic) bond motifs is 1. The molecule has 0 saturated carbocycles. The monoisotopic (exact) mass is 459 g/mol. The molecule has 1 aliphatic carbocycles. The second-order valence-electron chi connectivity index (χ2n) is 7.00. The van der Waals surface area contributed by atoms with Crippen LogP contribution in [0.4, 0.5) is 0 Å². The highest BCUT2D eigenvalue weighted by Crippen LogP contribution is 2.42. The predicted molar refractivity (Wildman–Crippen MR) is 113 cm³/mol. The molecule has 4 nitrogen and oxygen atoms in total. The summed E-state index contributed by atoms with van der Waals surface area (Å²) in [6.07, 6.45) is 6.70. The Morgan fingerprint density at radius 2 is 2.08 bits per heavy atom. The summed E-state index contributed by atoms with van der Waals surface area (Å²) in [6.45, 7) is 5.27. The van der Waals surface area contributed by atoms with Gasteiger partial charge in [-0.3, -0.25) is 4.99 Å². The zero-order valence-corrected chi connectivity index (χ0v) is 17.1. The van der Waals surface area contributed by atoms with Gasteiger partial charge in [-0.25, -0.2) is 4.98 Å². The van der Waals surface area contributed by atoms with Gasteiger partial charge in [-0.1, -0.05) is 26.0 Å². The van der Waals surface area contributed by atoms with Gasteiger partial charge in [-0.05, 0) is 70.3 Å². The highest BCUT2D eigenvalue weighted by molar-refractivity contribution is 14.1. The van der Waals surface area contributed by atoms with Crippen LogP contribution in [0.2, 0.25) is 0 Å². The molecule has 0 radical (unpaired) electrons. The number of hydrogen-bond acceptors (Lipinski definition) is 4. The molecule has 0 saturated heterocycles. The van der Waals surface area contributed by atoms with Gasteiger partial charge in [0.25, 0.3) is 0 Å². The fourth-order valence-electron chi connectivity index (χ4n) is 3.69. The molecule has 26 heavy (non-hydrogen) atoms. The fourth-order valence-corrected chi connectivity index (χ4v) is 4.43. The predicted octanol–water partition coefficient (Wildman–Crippen LogP) is 4.61. The van der Waals surface area contributed by atoms with Crippen LogP contribution in [-0.4, -0.2) is 17.9 Å². The summed E-state index contributed by atoms with van der Waals surface area (Å²) in [4.78, 5) is 8.74. The summed E-state index contributed by atoms with van der Waals surface area (Å²) in [7, 11) is 0. The van der Waals surface area contributed by atoms with E-state index >= 15 is 0 Å². The van der Waals surface area contributed by atoms with Crippen molar-refractivity contribution in [2.24, 2.45) is 16.8 Å². The van der Waals surface area contributed by atoms with E-state index in [9.17, 15) is 0 Å². The molecule has 1 aromatic carbocycles. The Kier molecular flexibility index (Phi) is 4.98. The van der Waals surface area contributed by atoms with Crippen molar-refractivity contribution in [1.29, 1.82) is 0 Å². The van der Waals surface area contributed by atoms with Crippen LogP contribution in [0.15, 0.2) is 47.6 Å². The van der Waals surface area contributed by atoms with E-state index in [1.54, 1.807) is 12.5 Å². The van der Waals surface area contributed by atoms with Crippen LogP contribution in [0.3, 0.4) is 0 Å². The number of ether oxygens (including phenoxy) is 1. The number of rotatable bonds is 3. The van der Waals surface area contributed by atoms with Crippen molar-refractivity contribution < 1.29 is 4.74 Å². The summed E-state index contributed by atoms with van der Waals surface area (Å²) < 4.78 is 7.88. The summed E-state index contributed by atoms with van der Waals surface area (Å²) in [5.41, 5.74) is 4.70. The molecule has 3 atom stereocenters. The molecule has 0 unspecified atom stereocenters. The minimum Gasteiger partial charge on any atom is -0.469 e. The molecule has 1 aromatic heterocycles. The van der Waals surface area contributed by atoms with Crippen molar-refractivity contribution in [2.75, 3.05) is 6.54 Å². The molecule has 0 spiro atoms. The van der Waals surface area contributed by atoms with E-state index in [-0.39, 0.29) is 6.10 Å². The van der Waals surface area contributed by atoms with Gasteiger partial charge in [-0.15, -0.1) is 0 Å². The number of nitrogens with one attached hydrogen (secondary N) is 1. The molecular formula is C21H22IN3O. The molecule has 0 fully saturated rings. The number of benzene rings is 1. The minimum atomic E-state index is 0.00923. The van der Waals surface area contributed by atoms with Crippen molar-refractivity contribution in [3.8, 4) is 5.88 Å². The Morgan fingerprint density at radius 3 is 2.88 bits per heavy atom. The second kappa shape index (κ2) is 7.39. The number of halogens is 1. The van der Waals surface area contributed by atoms with Gasteiger partial charge in [0.15, 0.2) is 0 Å². The molecule has 2 aliphatic rings. The number of aliphatic imine (C=N–C) groups is 1. The summed E-state index contributed by atoms with van der Waals surface area (Å²) >= 11 is 2.44. The van der Waals surface area contributed by atoms with Crippen LogP contribution in [-0.2, 0) is 6.42 Å². The van der Waals surface area contributed by atoms with Gasteiger partial charge < -0.3 is 10.1 Å². The van der Waals surface area contributed by atoms with Gasteiger partial charge in [-0.2, -0.15) is 0 Å². The number of pyridine rings is 1. The first-order valence-electron chi connectivity index (χ1n) is 8.99. The molecule has 0 bridgehead atoms. The average molecular weight is 459 g/mol. The largest absolute Gasteiger partial charge is 0.469 e. The molecular weight excluding hydrogens is 437 g/mol. The molecule has 2 heterocycles. The lowest BCUT2D eigenvalue weighted by Crippen LogP contribution is -2.30. The lowest BCUT2D eigenvalue weighted by molar-refractivity contribution is 0.0932. The lowest BCUT2D eigenvalue weighted by atomic mass is 9.75. The molecule has 4 rings (SSSR count). The first-order chi connectivity index (χ1) is 12.6. The SMILES string of the molecule is C[C@@H]1[C@H](C)Cc2c(I)cccc2[C@@H]1Oc1ncccc1C1=CCN=CN1. The number of hydrogen-bond donors (Lipinski definition) is 1. The van der Waals surface area contributed by atoms with Crippen LogP contribution in [0, 0.1) is 15.4 Å². The molecule has 134 valence electrons. The molecule has 1 N–H and O–H groups in total. The number of aromatic nitrogens is 1. The van der Waals surface area contributed by atoms with Gasteiger partial charge in [0.1, 0.15) is 6.10 Å². The van der Waals surface area contributed by atoms with Crippen molar-refractivity contribution in [3.05, 3.63) is 62.9 Å². The first kappa shape index (κ1) is 17.5. The van der Waals surface area contributed by atoms with Crippen molar-refractivity contribution in [1.82, 2.24) is 10.3 Å². The smallest absolute Gasteiger partial charge is 0.223 e. The van der Waals surface area contributed by atoms with Gasteiger partial charge >= 0.3 is 0 Å². The Hall–Kier alpha value is -1.89. The van der Waals surface area contributed by atoms with E-state index in [4.69, 9.17) is 4.74 Å². The topological polar surface area (TPSA) is 46.5 Å². The van der Waals surface area contributed by atoms with E-state index in [2.05, 4.69) is 76.0 Å². The molecule has 2 aromatic rings. The molecule has 0 amide bonds. The first-order valence-corrected chi connectivity index (χ1v) is 10.1. The Labute approximate surface area is 167 Å². The summed E-state index contributed by atoms with van der Waals surface area (Å²) in [5.74, 6) is 1.66. The molecule has 5 heteroatoms. The van der Waals surface area contributed by atoms with Crippen LogP contribution >= 0.6 is 22.6 Å². The Balaban J connectivity index is 1.72. The van der Waals surface area contributed by atoms with Crippen molar-refractivity contribution in [3.63, 3.8) is 0 Å². The maximum absolute atomic E-state index is 6.56. The van der Waals surface area contributed by atoms with E-state index in [0.717, 1.165) is 17.7 Å². The third-order valence-electron chi connectivity index (χ3n) is 5.37. The fraction of sp³-hybridized carbons (Fsp3) is 0.333. The zero-order chi connectivity index (χ0) is 18.1. The average Bonchev–Trinajstić information content (AvgIpc) is 2.67. The lowest BCUT2D eigenvalue weighted by Gasteiger charge is -2.36. The second-order valence-corrected chi connectivity index (χ2v) is 8.16. The van der Waals surface area contributed by atoms with Crippen molar-refractivity contribution in [2.45, 2.75) is 26.4 Å². The van der Waals surface area contributed by atoms with E-state index < -0.39 is 0 Å². The van der Waals surface area contributed by atoms with Crippen LogP contribution in [0.1, 0.15) is 36.6 Å². The van der Waals surface area contributed by atoms with E-state index in [1.165, 1.54) is 14.7 Å². The van der Waals surface area contributed by atoms with E-state index in [1.807, 2.05) is 12.1 Å².